The molecule has 104 valence electrons. The number of hydrogen-bond donors (Lipinski definition) is 0. The smallest absolute Gasteiger partial charge is 0.348 e. The number of benzene rings is 2. The summed E-state index contributed by atoms with van der Waals surface area (Å²) in [5, 5.41) is 0. The Balaban J connectivity index is 2.08. The van der Waals surface area contributed by atoms with Crippen LogP contribution in [0.2, 0.25) is 0 Å². The standard InChI is InChI=1S/C18H14O3/c1-20-17-15(12-13-8-4-2-5-9-13)21-18(19)16(17)14-10-6-3-7-11-14/h2-12H,1H3/b15-12-. The molecular formula is C18H14O3. The lowest BCUT2D eigenvalue weighted by atomic mass is 10.1. The van der Waals surface area contributed by atoms with Crippen LogP contribution in [0.1, 0.15) is 11.1 Å². The Hall–Kier alpha value is -2.81. The van der Waals surface area contributed by atoms with Crippen LogP contribution in [-0.2, 0) is 14.3 Å². The van der Waals surface area contributed by atoms with Crippen molar-refractivity contribution in [3.63, 3.8) is 0 Å². The highest BCUT2D eigenvalue weighted by Crippen LogP contribution is 2.34. The SMILES string of the molecule is COC1=C(c2ccccc2)C(=O)O/C1=C\c1ccccc1. The summed E-state index contributed by atoms with van der Waals surface area (Å²) in [6.45, 7) is 0. The minimum Gasteiger partial charge on any atom is -0.492 e. The third kappa shape index (κ3) is 2.58. The number of methoxy groups -OCH3 is 1. The van der Waals surface area contributed by atoms with Crippen molar-refractivity contribution >= 4 is 17.6 Å². The summed E-state index contributed by atoms with van der Waals surface area (Å²) in [5.74, 6) is 0.517. The van der Waals surface area contributed by atoms with Gasteiger partial charge in [0.25, 0.3) is 0 Å². The molecule has 3 heteroatoms. The molecule has 1 aliphatic rings. The van der Waals surface area contributed by atoms with Crippen LogP contribution in [0.4, 0.5) is 0 Å². The summed E-state index contributed by atoms with van der Waals surface area (Å²) in [5.41, 5.74) is 2.19. The van der Waals surface area contributed by atoms with Crippen LogP contribution in [0.25, 0.3) is 11.6 Å². The quantitative estimate of drug-likeness (QED) is 0.804. The Morgan fingerprint density at radius 2 is 1.57 bits per heavy atom. The van der Waals surface area contributed by atoms with Crippen molar-refractivity contribution in [1.29, 1.82) is 0 Å². The zero-order chi connectivity index (χ0) is 14.7. The van der Waals surface area contributed by atoms with Crippen LogP contribution in [-0.4, -0.2) is 13.1 Å². The predicted molar refractivity (Wildman–Crippen MR) is 80.9 cm³/mol. The average molecular weight is 278 g/mol. The molecule has 0 N–H and O–H groups in total. The summed E-state index contributed by atoms with van der Waals surface area (Å²) < 4.78 is 10.8. The second-order valence-electron chi connectivity index (χ2n) is 4.58. The fourth-order valence-electron chi connectivity index (χ4n) is 2.27. The minimum absolute atomic E-state index is 0.389. The maximum Gasteiger partial charge on any atom is 0.348 e. The molecule has 0 amide bonds. The van der Waals surface area contributed by atoms with Crippen LogP contribution in [0.3, 0.4) is 0 Å². The number of rotatable bonds is 3. The van der Waals surface area contributed by atoms with Crippen molar-refractivity contribution in [2.45, 2.75) is 0 Å². The Labute approximate surface area is 123 Å². The van der Waals surface area contributed by atoms with E-state index in [1.165, 1.54) is 0 Å². The lowest BCUT2D eigenvalue weighted by Crippen LogP contribution is -1.98. The second kappa shape index (κ2) is 5.67. The van der Waals surface area contributed by atoms with E-state index in [-0.39, 0.29) is 5.97 Å². The summed E-state index contributed by atoms with van der Waals surface area (Å²) in [6.07, 6.45) is 1.80. The molecule has 0 bridgehead atoms. The van der Waals surface area contributed by atoms with Crippen molar-refractivity contribution in [2.75, 3.05) is 7.11 Å². The van der Waals surface area contributed by atoms with Gasteiger partial charge in [-0.2, -0.15) is 0 Å². The molecule has 1 aliphatic heterocycles. The Kier molecular flexibility index (Phi) is 3.56. The highest BCUT2D eigenvalue weighted by molar-refractivity contribution is 6.21. The van der Waals surface area contributed by atoms with Crippen molar-refractivity contribution < 1.29 is 14.3 Å². The van der Waals surface area contributed by atoms with Crippen molar-refractivity contribution in [3.8, 4) is 0 Å². The Morgan fingerprint density at radius 3 is 2.19 bits per heavy atom. The van der Waals surface area contributed by atoms with E-state index in [4.69, 9.17) is 9.47 Å². The van der Waals surface area contributed by atoms with E-state index in [0.717, 1.165) is 11.1 Å². The second-order valence-corrected chi connectivity index (χ2v) is 4.58. The third-order valence-electron chi connectivity index (χ3n) is 3.22. The number of hydrogen-bond acceptors (Lipinski definition) is 3. The number of cyclic esters (lactones) is 1. The molecule has 2 aromatic rings. The van der Waals surface area contributed by atoms with Gasteiger partial charge in [-0.25, -0.2) is 4.79 Å². The first-order valence-electron chi connectivity index (χ1n) is 6.62. The highest BCUT2D eigenvalue weighted by Gasteiger charge is 2.32. The van der Waals surface area contributed by atoms with E-state index in [9.17, 15) is 4.79 Å². The maximum atomic E-state index is 12.1. The molecule has 0 atom stereocenters. The number of ether oxygens (including phenoxy) is 2. The average Bonchev–Trinajstić information content (AvgIpc) is 2.84. The highest BCUT2D eigenvalue weighted by atomic mass is 16.6. The van der Waals surface area contributed by atoms with Gasteiger partial charge in [-0.3, -0.25) is 0 Å². The first-order valence-corrected chi connectivity index (χ1v) is 6.62. The van der Waals surface area contributed by atoms with Gasteiger partial charge >= 0.3 is 5.97 Å². The maximum absolute atomic E-state index is 12.1. The zero-order valence-electron chi connectivity index (χ0n) is 11.6. The van der Waals surface area contributed by atoms with Gasteiger partial charge in [0.15, 0.2) is 11.5 Å². The monoisotopic (exact) mass is 278 g/mol. The molecule has 21 heavy (non-hydrogen) atoms. The number of carbonyl (C=O) groups excluding carboxylic acids is 1. The van der Waals surface area contributed by atoms with Gasteiger partial charge in [-0.15, -0.1) is 0 Å². The topological polar surface area (TPSA) is 35.5 Å². The molecule has 0 aromatic heterocycles. The fourth-order valence-corrected chi connectivity index (χ4v) is 2.27. The summed E-state index contributed by atoms with van der Waals surface area (Å²) in [7, 11) is 1.54. The molecule has 1 heterocycles. The third-order valence-corrected chi connectivity index (χ3v) is 3.22. The molecule has 2 aromatic carbocycles. The fraction of sp³-hybridized carbons (Fsp3) is 0.0556. The van der Waals surface area contributed by atoms with Gasteiger partial charge in [0.05, 0.1) is 7.11 Å². The van der Waals surface area contributed by atoms with Crippen molar-refractivity contribution in [1.82, 2.24) is 0 Å². The molecule has 0 radical (unpaired) electrons. The summed E-state index contributed by atoms with van der Waals surface area (Å²) in [4.78, 5) is 12.1. The van der Waals surface area contributed by atoms with E-state index in [1.54, 1.807) is 13.2 Å². The normalized spacial score (nSPS) is 16.2. The van der Waals surface area contributed by atoms with Crippen LogP contribution in [0.15, 0.2) is 72.2 Å². The van der Waals surface area contributed by atoms with Crippen molar-refractivity contribution in [2.24, 2.45) is 0 Å². The van der Waals surface area contributed by atoms with E-state index >= 15 is 0 Å². The van der Waals surface area contributed by atoms with Gasteiger partial charge in [0.2, 0.25) is 0 Å². The first-order chi connectivity index (χ1) is 10.3. The molecule has 0 saturated carbocycles. The van der Waals surface area contributed by atoms with Gasteiger partial charge < -0.3 is 9.47 Å². The van der Waals surface area contributed by atoms with Crippen LogP contribution >= 0.6 is 0 Å². The summed E-state index contributed by atoms with van der Waals surface area (Å²) in [6, 6.07) is 19.0. The summed E-state index contributed by atoms with van der Waals surface area (Å²) >= 11 is 0. The molecule has 0 aliphatic carbocycles. The van der Waals surface area contributed by atoms with E-state index in [1.807, 2.05) is 60.7 Å². The van der Waals surface area contributed by atoms with Gasteiger partial charge in [-0.1, -0.05) is 60.7 Å². The molecule has 0 spiro atoms. The lowest BCUT2D eigenvalue weighted by molar-refractivity contribution is -0.131. The lowest BCUT2D eigenvalue weighted by Gasteiger charge is -2.03. The number of carbonyl (C=O) groups is 1. The van der Waals surface area contributed by atoms with E-state index in [0.29, 0.717) is 17.1 Å². The van der Waals surface area contributed by atoms with Crippen molar-refractivity contribution in [3.05, 3.63) is 83.3 Å². The van der Waals surface area contributed by atoms with Crippen LogP contribution in [0, 0.1) is 0 Å². The molecule has 3 nitrogen and oxygen atoms in total. The zero-order valence-corrected chi connectivity index (χ0v) is 11.6. The number of esters is 1. The van der Waals surface area contributed by atoms with E-state index in [2.05, 4.69) is 0 Å². The van der Waals surface area contributed by atoms with Crippen LogP contribution in [0.5, 0.6) is 0 Å². The van der Waals surface area contributed by atoms with Gasteiger partial charge in [-0.05, 0) is 17.2 Å². The van der Waals surface area contributed by atoms with E-state index < -0.39 is 0 Å². The molecule has 0 fully saturated rings. The molecule has 0 saturated heterocycles. The largest absolute Gasteiger partial charge is 0.492 e. The van der Waals surface area contributed by atoms with Gasteiger partial charge in [0.1, 0.15) is 5.57 Å². The first kappa shape index (κ1) is 13.2. The molecular weight excluding hydrogens is 264 g/mol. The predicted octanol–water partition coefficient (Wildman–Crippen LogP) is 3.64. The molecule has 0 unspecified atom stereocenters. The van der Waals surface area contributed by atoms with Crippen LogP contribution < -0.4 is 0 Å². The minimum atomic E-state index is -0.389. The Morgan fingerprint density at radius 1 is 0.952 bits per heavy atom. The van der Waals surface area contributed by atoms with Gasteiger partial charge in [0, 0.05) is 0 Å². The Bertz CT molecular complexity index is 713. The molecule has 3 rings (SSSR count).